The fourth-order valence-corrected chi connectivity index (χ4v) is 2.88. The molecule has 0 amide bonds. The number of ketones is 1. The summed E-state index contributed by atoms with van der Waals surface area (Å²) in [5, 5.41) is 0.644. The van der Waals surface area contributed by atoms with E-state index < -0.39 is 0 Å². The number of halogens is 2. The summed E-state index contributed by atoms with van der Waals surface area (Å²) in [6, 6.07) is 15.3. The predicted octanol–water partition coefficient (Wildman–Crippen LogP) is 1.27. The van der Waals surface area contributed by atoms with Crippen LogP contribution in [0.3, 0.4) is 0 Å². The van der Waals surface area contributed by atoms with Gasteiger partial charge in [-0.3, -0.25) is 4.79 Å². The van der Waals surface area contributed by atoms with Gasteiger partial charge in [-0.15, -0.1) is 0 Å². The van der Waals surface area contributed by atoms with Crippen molar-refractivity contribution in [1.82, 2.24) is 4.57 Å². The second-order valence-electron chi connectivity index (χ2n) is 5.71. The van der Waals surface area contributed by atoms with E-state index in [1.54, 1.807) is 24.3 Å². The normalized spacial score (nSPS) is 10.6. The van der Waals surface area contributed by atoms with Gasteiger partial charge in [0.2, 0.25) is 12.1 Å². The molecule has 0 aliphatic rings. The number of Topliss-reactive ketones (excluding diaryl/α,β-unsaturated/α-hetero) is 1. The van der Waals surface area contributed by atoms with Crippen molar-refractivity contribution in [3.05, 3.63) is 65.4 Å². The fourth-order valence-electron chi connectivity index (χ4n) is 2.76. The van der Waals surface area contributed by atoms with Gasteiger partial charge in [-0.05, 0) is 42.8 Å². The van der Waals surface area contributed by atoms with E-state index in [4.69, 9.17) is 11.6 Å². The molecule has 24 heavy (non-hydrogen) atoms. The highest BCUT2D eigenvalue weighted by Gasteiger charge is 2.18. The highest BCUT2D eigenvalue weighted by atomic mass is 79.9. The van der Waals surface area contributed by atoms with Crippen molar-refractivity contribution in [3.8, 4) is 0 Å². The Hall–Kier alpha value is -1.65. The van der Waals surface area contributed by atoms with Crippen LogP contribution in [0.25, 0.3) is 11.0 Å². The summed E-state index contributed by atoms with van der Waals surface area (Å²) in [5.74, 6) is 0.0880. The van der Waals surface area contributed by atoms with E-state index in [1.807, 2.05) is 23.0 Å². The van der Waals surface area contributed by atoms with Crippen LogP contribution in [0.4, 0.5) is 0 Å². The first kappa shape index (κ1) is 18.7. The van der Waals surface area contributed by atoms with Crippen LogP contribution in [0.5, 0.6) is 0 Å². The van der Waals surface area contributed by atoms with E-state index in [0.29, 0.717) is 17.1 Å². The molecular weight excluding hydrogens is 388 g/mol. The maximum Gasteiger partial charge on any atom is 0.245 e. The number of nitrogens with zero attached hydrogens (tertiary/aromatic N) is 2. The van der Waals surface area contributed by atoms with E-state index in [2.05, 4.69) is 23.6 Å². The van der Waals surface area contributed by atoms with Crippen molar-refractivity contribution in [3.63, 3.8) is 0 Å². The number of aryl methyl sites for hydroxylation is 1. The SMILES string of the molecule is CCCCn1c[n+](CC(=O)c2ccc(Cl)cc2)c2ccccc21.[Br-]. The highest BCUT2D eigenvalue weighted by molar-refractivity contribution is 6.30. The number of para-hydroxylation sites is 2. The van der Waals surface area contributed by atoms with Crippen molar-refractivity contribution >= 4 is 28.4 Å². The zero-order chi connectivity index (χ0) is 16.2. The lowest BCUT2D eigenvalue weighted by Crippen LogP contribution is -3.00. The Morgan fingerprint density at radius 3 is 2.54 bits per heavy atom. The maximum absolute atomic E-state index is 12.5. The molecule has 3 aromatic rings. The van der Waals surface area contributed by atoms with Gasteiger partial charge in [0.1, 0.15) is 0 Å². The Bertz CT molecular complexity index is 827. The van der Waals surface area contributed by atoms with Gasteiger partial charge in [0.15, 0.2) is 17.6 Å². The summed E-state index contributed by atoms with van der Waals surface area (Å²) < 4.78 is 4.26. The van der Waals surface area contributed by atoms with Crippen LogP contribution in [-0.4, -0.2) is 10.4 Å². The fraction of sp³-hybridized carbons (Fsp3) is 0.263. The molecule has 3 nitrogen and oxygen atoms in total. The smallest absolute Gasteiger partial charge is 0.245 e. The zero-order valence-electron chi connectivity index (χ0n) is 13.6. The molecule has 126 valence electrons. The van der Waals surface area contributed by atoms with Crippen molar-refractivity contribution in [1.29, 1.82) is 0 Å². The third-order valence-electron chi connectivity index (χ3n) is 4.01. The van der Waals surface area contributed by atoms with Crippen LogP contribution < -0.4 is 21.5 Å². The van der Waals surface area contributed by atoms with Crippen LogP contribution in [0, 0.1) is 0 Å². The maximum atomic E-state index is 12.5. The second-order valence-corrected chi connectivity index (χ2v) is 6.15. The number of rotatable bonds is 6. The first-order chi connectivity index (χ1) is 11.2. The lowest BCUT2D eigenvalue weighted by molar-refractivity contribution is -0.658. The molecule has 0 bridgehead atoms. The third kappa shape index (κ3) is 4.05. The molecule has 0 atom stereocenters. The van der Waals surface area contributed by atoms with Crippen LogP contribution in [0.15, 0.2) is 54.9 Å². The van der Waals surface area contributed by atoms with Crippen molar-refractivity contribution in [2.75, 3.05) is 0 Å². The average Bonchev–Trinajstić information content (AvgIpc) is 2.91. The number of fused-ring (bicyclic) bond motifs is 1. The van der Waals surface area contributed by atoms with E-state index in [-0.39, 0.29) is 22.8 Å². The van der Waals surface area contributed by atoms with E-state index in [0.717, 1.165) is 24.9 Å². The van der Waals surface area contributed by atoms with E-state index in [1.165, 1.54) is 5.52 Å². The molecule has 1 heterocycles. The topological polar surface area (TPSA) is 25.9 Å². The Morgan fingerprint density at radius 1 is 1.12 bits per heavy atom. The monoisotopic (exact) mass is 406 g/mol. The lowest BCUT2D eigenvalue weighted by Gasteiger charge is -1.99. The summed E-state index contributed by atoms with van der Waals surface area (Å²) in [4.78, 5) is 12.5. The lowest BCUT2D eigenvalue weighted by atomic mass is 10.1. The summed E-state index contributed by atoms with van der Waals surface area (Å²) in [6.45, 7) is 3.49. The van der Waals surface area contributed by atoms with Gasteiger partial charge in [-0.2, -0.15) is 0 Å². The predicted molar refractivity (Wildman–Crippen MR) is 92.8 cm³/mol. The van der Waals surface area contributed by atoms with E-state index in [9.17, 15) is 4.79 Å². The molecule has 5 heteroatoms. The molecule has 0 fully saturated rings. The second kappa shape index (κ2) is 8.45. The summed E-state index contributed by atoms with van der Waals surface area (Å²) in [7, 11) is 0. The molecular formula is C19H20BrClN2O. The van der Waals surface area contributed by atoms with Gasteiger partial charge in [0, 0.05) is 10.6 Å². The number of aromatic nitrogens is 2. The quantitative estimate of drug-likeness (QED) is 0.446. The Morgan fingerprint density at radius 2 is 1.83 bits per heavy atom. The Labute approximate surface area is 157 Å². The molecule has 1 aromatic heterocycles. The molecule has 0 unspecified atom stereocenters. The molecule has 0 aliphatic heterocycles. The minimum atomic E-state index is 0. The third-order valence-corrected chi connectivity index (χ3v) is 4.26. The van der Waals surface area contributed by atoms with Crippen molar-refractivity contribution < 1.29 is 26.3 Å². The summed E-state index contributed by atoms with van der Waals surface area (Å²) in [5.41, 5.74) is 2.95. The number of benzene rings is 2. The van der Waals surface area contributed by atoms with Gasteiger partial charge in [-0.1, -0.05) is 37.1 Å². The number of hydrogen-bond acceptors (Lipinski definition) is 1. The van der Waals surface area contributed by atoms with Crippen molar-refractivity contribution in [2.45, 2.75) is 32.9 Å². The number of hydrogen-bond donors (Lipinski definition) is 0. The van der Waals surface area contributed by atoms with Crippen LogP contribution in [0.1, 0.15) is 30.1 Å². The largest absolute Gasteiger partial charge is 1.00 e. The summed E-state index contributed by atoms with van der Waals surface area (Å²) >= 11 is 5.89. The van der Waals surface area contributed by atoms with Gasteiger partial charge < -0.3 is 17.0 Å². The number of unbranched alkanes of at least 4 members (excludes halogenated alkanes) is 1. The summed E-state index contributed by atoms with van der Waals surface area (Å²) in [6.07, 6.45) is 4.33. The molecule has 0 saturated heterocycles. The van der Waals surface area contributed by atoms with Gasteiger partial charge in [0.25, 0.3) is 0 Å². The van der Waals surface area contributed by atoms with E-state index >= 15 is 0 Å². The molecule has 0 radical (unpaired) electrons. The Kier molecular flexibility index (Phi) is 6.58. The average molecular weight is 408 g/mol. The zero-order valence-corrected chi connectivity index (χ0v) is 15.9. The Balaban J connectivity index is 0.00000208. The molecule has 3 rings (SSSR count). The van der Waals surface area contributed by atoms with Crippen LogP contribution in [0.2, 0.25) is 5.02 Å². The number of carbonyl (C=O) groups is 1. The minimum Gasteiger partial charge on any atom is -1.00 e. The number of carbonyl (C=O) groups excluding carboxylic acids is 1. The minimum absolute atomic E-state index is 0. The first-order valence-electron chi connectivity index (χ1n) is 7.95. The number of imidazole rings is 1. The molecule has 2 aromatic carbocycles. The molecule has 0 N–H and O–H groups in total. The molecule has 0 aliphatic carbocycles. The highest BCUT2D eigenvalue weighted by Crippen LogP contribution is 2.13. The van der Waals surface area contributed by atoms with Gasteiger partial charge >= 0.3 is 0 Å². The van der Waals surface area contributed by atoms with Crippen LogP contribution >= 0.6 is 11.6 Å². The van der Waals surface area contributed by atoms with Crippen molar-refractivity contribution in [2.24, 2.45) is 0 Å². The molecule has 0 saturated carbocycles. The standard InChI is InChI=1S/C19H20ClN2O.BrH/c1-2-3-12-21-14-22(18-7-5-4-6-17(18)21)13-19(23)15-8-10-16(20)11-9-15;/h4-11,14H,2-3,12-13H2,1H3;1H/q+1;/p-1. The van der Waals surface area contributed by atoms with Crippen LogP contribution in [-0.2, 0) is 13.1 Å². The van der Waals surface area contributed by atoms with Gasteiger partial charge in [0.05, 0.1) is 6.54 Å². The molecule has 0 spiro atoms. The van der Waals surface area contributed by atoms with Gasteiger partial charge in [-0.25, -0.2) is 9.13 Å². The first-order valence-corrected chi connectivity index (χ1v) is 8.33.